The van der Waals surface area contributed by atoms with E-state index in [0.717, 1.165) is 16.4 Å². The summed E-state index contributed by atoms with van der Waals surface area (Å²) in [5, 5.41) is -0.168. The second-order valence-electron chi connectivity index (χ2n) is 4.15. The van der Waals surface area contributed by atoms with Gasteiger partial charge < -0.3 is 4.74 Å². The molecule has 1 aromatic rings. The molecule has 1 fully saturated rings. The van der Waals surface area contributed by atoms with Gasteiger partial charge in [0.25, 0.3) is 0 Å². The maximum atomic E-state index is 13.0. The molecule has 0 aliphatic carbocycles. The molecule has 1 aromatic carbocycles. The number of morpholine rings is 1. The van der Waals surface area contributed by atoms with Gasteiger partial charge in [0.05, 0.1) is 23.7 Å². The minimum atomic E-state index is -4.79. The molecule has 0 amide bonds. The molecule has 0 atom stereocenters. The van der Waals surface area contributed by atoms with E-state index in [4.69, 9.17) is 16.3 Å². The maximum absolute atomic E-state index is 13.0. The van der Waals surface area contributed by atoms with Gasteiger partial charge in [0, 0.05) is 18.1 Å². The van der Waals surface area contributed by atoms with E-state index in [1.54, 1.807) is 0 Å². The van der Waals surface area contributed by atoms with Crippen LogP contribution in [0, 0.1) is 0 Å². The van der Waals surface area contributed by atoms with Gasteiger partial charge in [0.2, 0.25) is 10.0 Å². The monoisotopic (exact) mass is 329 g/mol. The molecule has 0 unspecified atom stereocenters. The normalized spacial score (nSPS) is 18.2. The van der Waals surface area contributed by atoms with Crippen LogP contribution >= 0.6 is 11.6 Å². The zero-order chi connectivity index (χ0) is 15.0. The van der Waals surface area contributed by atoms with Gasteiger partial charge >= 0.3 is 6.18 Å². The largest absolute Gasteiger partial charge is 0.417 e. The van der Waals surface area contributed by atoms with Gasteiger partial charge in [-0.3, -0.25) is 0 Å². The lowest BCUT2D eigenvalue weighted by Crippen LogP contribution is -2.41. The molecule has 0 radical (unpaired) electrons. The highest BCUT2D eigenvalue weighted by molar-refractivity contribution is 7.89. The summed E-state index contributed by atoms with van der Waals surface area (Å²) < 4.78 is 69.4. The van der Waals surface area contributed by atoms with E-state index >= 15 is 0 Å². The summed E-state index contributed by atoms with van der Waals surface area (Å²) in [6.07, 6.45) is -4.79. The highest BCUT2D eigenvalue weighted by Gasteiger charge is 2.39. The lowest BCUT2D eigenvalue weighted by molar-refractivity contribution is -0.139. The molecular formula is C11H11ClF3NO3S. The molecule has 1 saturated heterocycles. The van der Waals surface area contributed by atoms with E-state index in [1.807, 2.05) is 0 Å². The molecule has 4 nitrogen and oxygen atoms in total. The molecule has 1 aliphatic rings. The first-order chi connectivity index (χ1) is 9.23. The second-order valence-corrected chi connectivity index (χ2v) is 6.50. The van der Waals surface area contributed by atoms with Gasteiger partial charge in [-0.15, -0.1) is 0 Å². The Balaban J connectivity index is 2.51. The second kappa shape index (κ2) is 5.51. The topological polar surface area (TPSA) is 46.6 Å². The molecule has 112 valence electrons. The maximum Gasteiger partial charge on any atom is 0.417 e. The van der Waals surface area contributed by atoms with Crippen LogP contribution in [0.5, 0.6) is 0 Å². The van der Waals surface area contributed by atoms with Crippen molar-refractivity contribution in [1.29, 1.82) is 0 Å². The Labute approximate surface area is 119 Å². The zero-order valence-electron chi connectivity index (χ0n) is 10.2. The van der Waals surface area contributed by atoms with Crippen LogP contribution in [0.15, 0.2) is 23.1 Å². The van der Waals surface area contributed by atoms with Gasteiger partial charge in [0.15, 0.2) is 0 Å². The van der Waals surface area contributed by atoms with Crippen LogP contribution in [-0.2, 0) is 20.9 Å². The van der Waals surface area contributed by atoms with Crippen molar-refractivity contribution in [3.8, 4) is 0 Å². The van der Waals surface area contributed by atoms with Crippen molar-refractivity contribution in [2.45, 2.75) is 11.1 Å². The SMILES string of the molecule is O=S(=O)(c1ccc(Cl)cc1C(F)(F)F)N1CCOCC1. The van der Waals surface area contributed by atoms with Crippen LogP contribution in [-0.4, -0.2) is 39.0 Å². The lowest BCUT2D eigenvalue weighted by Gasteiger charge is -2.27. The molecule has 9 heteroatoms. The van der Waals surface area contributed by atoms with Crippen molar-refractivity contribution < 1.29 is 26.3 Å². The summed E-state index contributed by atoms with van der Waals surface area (Å²) >= 11 is 5.53. The smallest absolute Gasteiger partial charge is 0.379 e. The van der Waals surface area contributed by atoms with Crippen LogP contribution < -0.4 is 0 Å². The number of alkyl halides is 3. The van der Waals surface area contributed by atoms with Gasteiger partial charge in [0.1, 0.15) is 0 Å². The molecular weight excluding hydrogens is 319 g/mol. The lowest BCUT2D eigenvalue weighted by atomic mass is 10.2. The minimum absolute atomic E-state index is 0.0300. The fourth-order valence-corrected chi connectivity index (χ4v) is 3.65. The molecule has 0 N–H and O–H groups in total. The Morgan fingerprint density at radius 2 is 1.80 bits per heavy atom. The van der Waals surface area contributed by atoms with Crippen LogP contribution in [0.2, 0.25) is 5.02 Å². The van der Waals surface area contributed by atoms with Crippen molar-refractivity contribution in [2.24, 2.45) is 0 Å². The van der Waals surface area contributed by atoms with Crippen LogP contribution in [0.3, 0.4) is 0 Å². The molecule has 1 aliphatic heterocycles. The van der Waals surface area contributed by atoms with Crippen molar-refractivity contribution in [1.82, 2.24) is 4.31 Å². The van der Waals surface area contributed by atoms with Crippen molar-refractivity contribution in [3.63, 3.8) is 0 Å². The average Bonchev–Trinajstić information content (AvgIpc) is 2.38. The number of halogens is 4. The fourth-order valence-electron chi connectivity index (χ4n) is 1.87. The van der Waals surface area contributed by atoms with Crippen molar-refractivity contribution in [2.75, 3.05) is 26.3 Å². The number of nitrogens with zero attached hydrogens (tertiary/aromatic N) is 1. The third kappa shape index (κ3) is 3.08. The van der Waals surface area contributed by atoms with E-state index in [-0.39, 0.29) is 31.3 Å². The van der Waals surface area contributed by atoms with Gasteiger partial charge in [-0.25, -0.2) is 8.42 Å². The van der Waals surface area contributed by atoms with Crippen LogP contribution in [0.1, 0.15) is 5.56 Å². The standard InChI is InChI=1S/C11H11ClF3NO3S/c12-8-1-2-10(9(7-8)11(13,14)15)20(17,18)16-3-5-19-6-4-16/h1-2,7H,3-6H2. The first kappa shape index (κ1) is 15.6. The molecule has 0 saturated carbocycles. The Bertz CT molecular complexity index is 597. The summed E-state index contributed by atoms with van der Waals surface area (Å²) in [7, 11) is -4.22. The fraction of sp³-hybridized carbons (Fsp3) is 0.455. The Kier molecular flexibility index (Phi) is 4.29. The molecule has 0 bridgehead atoms. The summed E-state index contributed by atoms with van der Waals surface area (Å²) in [6, 6.07) is 2.63. The number of benzene rings is 1. The number of hydrogen-bond donors (Lipinski definition) is 0. The van der Waals surface area contributed by atoms with E-state index in [1.165, 1.54) is 0 Å². The predicted molar refractivity (Wildman–Crippen MR) is 66.0 cm³/mol. The molecule has 0 spiro atoms. The van der Waals surface area contributed by atoms with E-state index in [9.17, 15) is 21.6 Å². The van der Waals surface area contributed by atoms with Gasteiger partial charge in [-0.2, -0.15) is 17.5 Å². The Hall–Kier alpha value is -0.830. The van der Waals surface area contributed by atoms with E-state index in [2.05, 4.69) is 0 Å². The number of sulfonamides is 1. The molecule has 0 aromatic heterocycles. The molecule has 2 rings (SSSR count). The number of rotatable bonds is 2. The number of ether oxygens (including phenoxy) is 1. The van der Waals surface area contributed by atoms with Crippen molar-refractivity contribution >= 4 is 21.6 Å². The minimum Gasteiger partial charge on any atom is -0.379 e. The van der Waals surface area contributed by atoms with Crippen LogP contribution in [0.25, 0.3) is 0 Å². The molecule has 1 heterocycles. The van der Waals surface area contributed by atoms with E-state index < -0.39 is 26.7 Å². The summed E-state index contributed by atoms with van der Waals surface area (Å²) in [5.41, 5.74) is -1.25. The summed E-state index contributed by atoms with van der Waals surface area (Å²) in [4.78, 5) is -0.781. The predicted octanol–water partition coefficient (Wildman–Crippen LogP) is 2.38. The van der Waals surface area contributed by atoms with Gasteiger partial charge in [-0.1, -0.05) is 11.6 Å². The highest BCUT2D eigenvalue weighted by atomic mass is 35.5. The summed E-state index contributed by atoms with van der Waals surface area (Å²) in [6.45, 7) is 0.382. The third-order valence-electron chi connectivity index (χ3n) is 2.83. The molecule has 20 heavy (non-hydrogen) atoms. The first-order valence-corrected chi connectivity index (χ1v) is 7.49. The quantitative estimate of drug-likeness (QED) is 0.837. The van der Waals surface area contributed by atoms with Crippen molar-refractivity contribution in [3.05, 3.63) is 28.8 Å². The third-order valence-corrected chi connectivity index (χ3v) is 5.03. The van der Waals surface area contributed by atoms with Crippen LogP contribution in [0.4, 0.5) is 13.2 Å². The average molecular weight is 330 g/mol. The Morgan fingerprint density at radius 1 is 1.20 bits per heavy atom. The Morgan fingerprint density at radius 3 is 2.35 bits per heavy atom. The highest BCUT2D eigenvalue weighted by Crippen LogP contribution is 2.36. The first-order valence-electron chi connectivity index (χ1n) is 5.67. The summed E-state index contributed by atoms with van der Waals surface area (Å²) in [5.74, 6) is 0. The zero-order valence-corrected chi connectivity index (χ0v) is 11.7. The van der Waals surface area contributed by atoms with Gasteiger partial charge in [-0.05, 0) is 18.2 Å². The van der Waals surface area contributed by atoms with E-state index in [0.29, 0.717) is 6.07 Å². The number of hydrogen-bond acceptors (Lipinski definition) is 3.